The molecule has 0 aromatic heterocycles. The molecule has 0 spiro atoms. The van der Waals surface area contributed by atoms with Gasteiger partial charge in [-0.3, -0.25) is 4.79 Å². The van der Waals surface area contributed by atoms with Crippen LogP contribution in [0.4, 0.5) is 0 Å². The second-order valence-corrected chi connectivity index (χ2v) is 5.38. The molecule has 1 aliphatic heterocycles. The molecule has 110 valence electrons. The first-order valence-electron chi connectivity index (χ1n) is 6.92. The van der Waals surface area contributed by atoms with Gasteiger partial charge in [0.25, 0.3) is 0 Å². The average Bonchev–Trinajstić information content (AvgIpc) is 2.52. The molecule has 1 aromatic rings. The Labute approximate surface area is 122 Å². The van der Waals surface area contributed by atoms with Crippen molar-refractivity contribution < 1.29 is 20.1 Å². The van der Waals surface area contributed by atoms with Crippen LogP contribution in [0.5, 0.6) is 0 Å². The van der Waals surface area contributed by atoms with Gasteiger partial charge in [-0.2, -0.15) is 0 Å². The molecular weight excluding hydrogens is 270 g/mol. The fourth-order valence-electron chi connectivity index (χ4n) is 2.82. The quantitative estimate of drug-likeness (QED) is 0.730. The van der Waals surface area contributed by atoms with E-state index in [2.05, 4.69) is 6.07 Å². The van der Waals surface area contributed by atoms with Crippen molar-refractivity contribution in [1.29, 1.82) is 0 Å². The summed E-state index contributed by atoms with van der Waals surface area (Å²) >= 11 is 0. The number of aliphatic hydroxyl groups excluding tert-OH is 3. The summed E-state index contributed by atoms with van der Waals surface area (Å²) in [6.45, 7) is 1.09. The molecule has 5 heteroatoms. The number of carbonyl (C=O) groups is 1. The van der Waals surface area contributed by atoms with Gasteiger partial charge in [0.05, 0.1) is 5.92 Å². The largest absolute Gasteiger partial charge is 0.506 e. The lowest BCUT2D eigenvalue weighted by Crippen LogP contribution is -2.44. The van der Waals surface area contributed by atoms with E-state index in [1.165, 1.54) is 17.7 Å². The number of hydrogen-bond acceptors (Lipinski definition) is 4. The number of rotatable bonds is 1. The minimum absolute atomic E-state index is 0.243. The number of amides is 1. The van der Waals surface area contributed by atoms with E-state index < -0.39 is 23.5 Å². The Morgan fingerprint density at radius 3 is 2.67 bits per heavy atom. The molecule has 1 aliphatic carbocycles. The molecule has 1 amide bonds. The van der Waals surface area contributed by atoms with E-state index in [9.17, 15) is 20.1 Å². The maximum absolute atomic E-state index is 12.5. The van der Waals surface area contributed by atoms with Crippen molar-refractivity contribution in [3.05, 3.63) is 59.1 Å². The lowest BCUT2D eigenvalue weighted by molar-refractivity contribution is -0.138. The molecule has 2 aliphatic rings. The number of hydrogen-bond donors (Lipinski definition) is 3. The molecular formula is C16H17NO4. The predicted octanol–water partition coefficient (Wildman–Crippen LogP) is 1.45. The normalized spacial score (nSPS) is 24.9. The zero-order valence-corrected chi connectivity index (χ0v) is 11.4. The summed E-state index contributed by atoms with van der Waals surface area (Å²) < 4.78 is 0. The van der Waals surface area contributed by atoms with Crippen LogP contribution in [-0.2, 0) is 17.8 Å². The minimum atomic E-state index is -1.39. The van der Waals surface area contributed by atoms with Gasteiger partial charge in [0.1, 0.15) is 6.10 Å². The number of carbonyl (C=O) groups excluding carboxylic acids is 1. The zero-order valence-electron chi connectivity index (χ0n) is 11.4. The number of aliphatic hydroxyl groups is 3. The van der Waals surface area contributed by atoms with Crippen LogP contribution in [-0.4, -0.2) is 38.8 Å². The molecule has 1 heterocycles. The van der Waals surface area contributed by atoms with Crippen molar-refractivity contribution in [2.24, 2.45) is 5.92 Å². The zero-order chi connectivity index (χ0) is 15.0. The second kappa shape index (κ2) is 5.26. The Morgan fingerprint density at radius 1 is 1.19 bits per heavy atom. The highest BCUT2D eigenvalue weighted by Gasteiger charge is 2.35. The van der Waals surface area contributed by atoms with E-state index in [4.69, 9.17) is 0 Å². The van der Waals surface area contributed by atoms with Crippen molar-refractivity contribution in [3.8, 4) is 0 Å². The van der Waals surface area contributed by atoms with Crippen LogP contribution in [0.1, 0.15) is 11.1 Å². The van der Waals surface area contributed by atoms with Crippen LogP contribution in [0.15, 0.2) is 47.9 Å². The van der Waals surface area contributed by atoms with E-state index in [-0.39, 0.29) is 5.91 Å². The first kappa shape index (κ1) is 13.7. The monoisotopic (exact) mass is 287 g/mol. The van der Waals surface area contributed by atoms with Crippen LogP contribution in [0.3, 0.4) is 0 Å². The maximum Gasteiger partial charge on any atom is 0.232 e. The highest BCUT2D eigenvalue weighted by atomic mass is 16.3. The highest BCUT2D eigenvalue weighted by molar-refractivity contribution is 5.82. The fourth-order valence-corrected chi connectivity index (χ4v) is 2.82. The first-order valence-corrected chi connectivity index (χ1v) is 6.92. The summed E-state index contributed by atoms with van der Waals surface area (Å²) in [5.41, 5.74) is 2.34. The minimum Gasteiger partial charge on any atom is -0.506 e. The van der Waals surface area contributed by atoms with Crippen LogP contribution < -0.4 is 0 Å². The molecule has 0 radical (unpaired) electrons. The fraction of sp³-hybridized carbons (Fsp3) is 0.312. The Bertz CT molecular complexity index is 635. The average molecular weight is 287 g/mol. The van der Waals surface area contributed by atoms with Gasteiger partial charge in [0, 0.05) is 13.1 Å². The maximum atomic E-state index is 12.5. The van der Waals surface area contributed by atoms with Gasteiger partial charge in [-0.05, 0) is 23.6 Å². The van der Waals surface area contributed by atoms with Crippen molar-refractivity contribution in [2.45, 2.75) is 19.1 Å². The molecule has 0 saturated heterocycles. The third kappa shape index (κ3) is 2.40. The van der Waals surface area contributed by atoms with Crippen LogP contribution in [0, 0.1) is 5.92 Å². The summed E-state index contributed by atoms with van der Waals surface area (Å²) in [6, 6.07) is 7.97. The summed E-state index contributed by atoms with van der Waals surface area (Å²) in [6.07, 6.45) is 2.08. The van der Waals surface area contributed by atoms with Crippen LogP contribution in [0.2, 0.25) is 0 Å². The van der Waals surface area contributed by atoms with Gasteiger partial charge in [-0.25, -0.2) is 0 Å². The molecule has 2 unspecified atom stereocenters. The van der Waals surface area contributed by atoms with E-state index in [0.29, 0.717) is 13.1 Å². The number of allylic oxidation sites excluding steroid dienone is 1. The summed E-state index contributed by atoms with van der Waals surface area (Å²) in [5.74, 6) is -2.04. The standard InChI is InChI=1S/C16H17NO4/c18-13-6-5-12(14(19)15(13)20)16(21)17-8-7-10-3-1-2-4-11(10)9-17/h1-6,12,14,18-20H,7-9H2. The lowest BCUT2D eigenvalue weighted by Gasteiger charge is -2.33. The van der Waals surface area contributed by atoms with Gasteiger partial charge < -0.3 is 20.2 Å². The van der Waals surface area contributed by atoms with Crippen molar-refractivity contribution in [2.75, 3.05) is 6.54 Å². The summed E-state index contributed by atoms with van der Waals surface area (Å²) in [5, 5.41) is 28.9. The summed E-state index contributed by atoms with van der Waals surface area (Å²) in [4.78, 5) is 14.2. The SMILES string of the molecule is O=C(C1C=CC(O)=C(O)C1O)N1CCc2ccccc2C1. The van der Waals surface area contributed by atoms with E-state index >= 15 is 0 Å². The lowest BCUT2D eigenvalue weighted by atomic mass is 9.92. The molecule has 0 fully saturated rings. The van der Waals surface area contributed by atoms with Gasteiger partial charge >= 0.3 is 0 Å². The van der Waals surface area contributed by atoms with E-state index in [1.807, 2.05) is 18.2 Å². The van der Waals surface area contributed by atoms with E-state index in [1.54, 1.807) is 4.90 Å². The molecule has 0 saturated carbocycles. The van der Waals surface area contributed by atoms with Crippen molar-refractivity contribution in [1.82, 2.24) is 4.90 Å². The van der Waals surface area contributed by atoms with Gasteiger partial charge in [0.15, 0.2) is 11.5 Å². The molecule has 3 N–H and O–H groups in total. The van der Waals surface area contributed by atoms with Gasteiger partial charge in [-0.1, -0.05) is 30.3 Å². The molecule has 21 heavy (non-hydrogen) atoms. The van der Waals surface area contributed by atoms with Gasteiger partial charge in [0.2, 0.25) is 5.91 Å². The highest BCUT2D eigenvalue weighted by Crippen LogP contribution is 2.26. The third-order valence-corrected chi connectivity index (χ3v) is 4.07. The number of nitrogens with zero attached hydrogens (tertiary/aromatic N) is 1. The van der Waals surface area contributed by atoms with Gasteiger partial charge in [-0.15, -0.1) is 0 Å². The Hall–Kier alpha value is -2.27. The second-order valence-electron chi connectivity index (χ2n) is 5.38. The predicted molar refractivity (Wildman–Crippen MR) is 76.5 cm³/mol. The van der Waals surface area contributed by atoms with Crippen molar-refractivity contribution >= 4 is 5.91 Å². The van der Waals surface area contributed by atoms with E-state index in [0.717, 1.165) is 12.0 Å². The Morgan fingerprint density at radius 2 is 1.90 bits per heavy atom. The molecule has 0 bridgehead atoms. The van der Waals surface area contributed by atoms with Crippen molar-refractivity contribution in [3.63, 3.8) is 0 Å². The topological polar surface area (TPSA) is 81.0 Å². The van der Waals surface area contributed by atoms with Crippen LogP contribution in [0.25, 0.3) is 0 Å². The smallest absolute Gasteiger partial charge is 0.232 e. The Balaban J connectivity index is 1.77. The molecule has 3 rings (SSSR count). The summed E-state index contributed by atoms with van der Waals surface area (Å²) in [7, 11) is 0. The number of benzene rings is 1. The van der Waals surface area contributed by atoms with Crippen LogP contribution >= 0.6 is 0 Å². The molecule has 5 nitrogen and oxygen atoms in total. The first-order chi connectivity index (χ1) is 10.1. The Kier molecular flexibility index (Phi) is 3.43. The molecule has 2 atom stereocenters. The molecule has 1 aromatic carbocycles. The number of fused-ring (bicyclic) bond motifs is 1. The third-order valence-electron chi connectivity index (χ3n) is 4.07.